The second-order valence-corrected chi connectivity index (χ2v) is 6.71. The van der Waals surface area contributed by atoms with Gasteiger partial charge in [0.1, 0.15) is 17.2 Å². The van der Waals surface area contributed by atoms with Gasteiger partial charge in [0.2, 0.25) is 5.13 Å². The molecule has 0 spiro atoms. The molecule has 0 atom stereocenters. The Labute approximate surface area is 127 Å². The summed E-state index contributed by atoms with van der Waals surface area (Å²) in [6.07, 6.45) is 5.17. The Morgan fingerprint density at radius 2 is 1.81 bits per heavy atom. The Hall–Kier alpha value is -1.76. The molecule has 0 unspecified atom stereocenters. The molecule has 0 aromatic carbocycles. The molecule has 6 nitrogen and oxygen atoms in total. The monoisotopic (exact) mass is 302 g/mol. The topological polar surface area (TPSA) is 58.0 Å². The third kappa shape index (κ3) is 2.35. The summed E-state index contributed by atoms with van der Waals surface area (Å²) in [7, 11) is 0. The Balaban J connectivity index is 1.49. The smallest absolute Gasteiger partial charge is 0.208 e. The number of anilines is 2. The van der Waals surface area contributed by atoms with Crippen molar-refractivity contribution in [2.75, 3.05) is 36.0 Å². The Bertz CT molecular complexity index is 647. The summed E-state index contributed by atoms with van der Waals surface area (Å²) in [6.45, 7) is 5.94. The van der Waals surface area contributed by atoms with E-state index in [-0.39, 0.29) is 0 Å². The van der Waals surface area contributed by atoms with E-state index in [0.29, 0.717) is 0 Å². The third-order valence-corrected chi connectivity index (χ3v) is 5.12. The van der Waals surface area contributed by atoms with Gasteiger partial charge in [0.15, 0.2) is 0 Å². The van der Waals surface area contributed by atoms with Crippen LogP contribution >= 0.6 is 11.3 Å². The summed E-state index contributed by atoms with van der Waals surface area (Å²) in [4.78, 5) is 13.7. The number of piperazine rings is 1. The quantitative estimate of drug-likeness (QED) is 0.837. The van der Waals surface area contributed by atoms with Crippen LogP contribution in [0.2, 0.25) is 0 Å². The van der Waals surface area contributed by atoms with Gasteiger partial charge in [-0.1, -0.05) is 11.3 Å². The van der Waals surface area contributed by atoms with Gasteiger partial charge in [0.25, 0.3) is 0 Å². The van der Waals surface area contributed by atoms with E-state index in [1.165, 1.54) is 17.7 Å². The predicted molar refractivity (Wildman–Crippen MR) is 83.1 cm³/mol. The molecular formula is C14H18N6S. The molecule has 1 aliphatic carbocycles. The molecule has 21 heavy (non-hydrogen) atoms. The van der Waals surface area contributed by atoms with Crippen LogP contribution in [0.4, 0.5) is 10.9 Å². The summed E-state index contributed by atoms with van der Waals surface area (Å²) in [5.41, 5.74) is 2.62. The van der Waals surface area contributed by atoms with Crippen LogP contribution in [0.3, 0.4) is 0 Å². The highest BCUT2D eigenvalue weighted by atomic mass is 32.1. The lowest BCUT2D eigenvalue weighted by molar-refractivity contribution is 0.640. The maximum atomic E-state index is 4.55. The van der Waals surface area contributed by atoms with Crippen LogP contribution in [-0.2, 0) is 12.8 Å². The lowest BCUT2D eigenvalue weighted by atomic mass is 10.2. The van der Waals surface area contributed by atoms with E-state index in [1.807, 2.05) is 6.92 Å². The molecule has 2 aromatic heterocycles. The Morgan fingerprint density at radius 1 is 1.00 bits per heavy atom. The molecule has 2 aromatic rings. The Morgan fingerprint density at radius 3 is 2.57 bits per heavy atom. The van der Waals surface area contributed by atoms with Gasteiger partial charge in [-0.15, -0.1) is 10.2 Å². The fraction of sp³-hybridized carbons (Fsp3) is 0.571. The molecule has 0 saturated carbocycles. The molecule has 4 rings (SSSR count). The molecule has 0 amide bonds. The highest BCUT2D eigenvalue weighted by molar-refractivity contribution is 7.15. The lowest BCUT2D eigenvalue weighted by Gasteiger charge is -2.35. The zero-order valence-electron chi connectivity index (χ0n) is 12.1. The maximum Gasteiger partial charge on any atom is 0.208 e. The van der Waals surface area contributed by atoms with Crippen molar-refractivity contribution in [3.63, 3.8) is 0 Å². The molecule has 110 valence electrons. The van der Waals surface area contributed by atoms with Gasteiger partial charge in [-0.25, -0.2) is 9.97 Å². The van der Waals surface area contributed by atoms with Crippen molar-refractivity contribution in [3.05, 3.63) is 22.6 Å². The zero-order chi connectivity index (χ0) is 14.2. The molecule has 1 aliphatic heterocycles. The average Bonchev–Trinajstić information content (AvgIpc) is 3.15. The van der Waals surface area contributed by atoms with E-state index < -0.39 is 0 Å². The lowest BCUT2D eigenvalue weighted by Crippen LogP contribution is -2.47. The summed E-state index contributed by atoms with van der Waals surface area (Å²) in [6, 6.07) is 0. The first-order valence-electron chi connectivity index (χ1n) is 7.44. The van der Waals surface area contributed by atoms with E-state index in [9.17, 15) is 0 Å². The van der Waals surface area contributed by atoms with E-state index in [2.05, 4.69) is 30.0 Å². The number of rotatable bonds is 2. The number of aryl methyl sites for hydroxylation is 2. The molecule has 0 bridgehead atoms. The first-order chi connectivity index (χ1) is 10.3. The summed E-state index contributed by atoms with van der Waals surface area (Å²) in [5.74, 6) is 1.16. The Kier molecular flexibility index (Phi) is 3.21. The summed E-state index contributed by atoms with van der Waals surface area (Å²) < 4.78 is 0. The largest absolute Gasteiger partial charge is 0.353 e. The van der Waals surface area contributed by atoms with Crippen molar-refractivity contribution in [1.82, 2.24) is 20.2 Å². The first kappa shape index (κ1) is 12.9. The van der Waals surface area contributed by atoms with Gasteiger partial charge in [0.05, 0.1) is 0 Å². The van der Waals surface area contributed by atoms with Crippen LogP contribution in [0, 0.1) is 6.92 Å². The van der Waals surface area contributed by atoms with Crippen LogP contribution in [0.5, 0.6) is 0 Å². The minimum Gasteiger partial charge on any atom is -0.353 e. The van der Waals surface area contributed by atoms with Crippen LogP contribution in [0.15, 0.2) is 6.33 Å². The highest BCUT2D eigenvalue weighted by Crippen LogP contribution is 2.29. The minimum absolute atomic E-state index is 0.980. The number of nitrogens with zero attached hydrogens (tertiary/aromatic N) is 6. The number of fused-ring (bicyclic) bond motifs is 1. The molecular weight excluding hydrogens is 284 g/mol. The van der Waals surface area contributed by atoms with Crippen molar-refractivity contribution in [2.24, 2.45) is 0 Å². The van der Waals surface area contributed by atoms with Crippen molar-refractivity contribution in [1.29, 1.82) is 0 Å². The van der Waals surface area contributed by atoms with Crippen LogP contribution in [0.1, 0.15) is 22.7 Å². The molecule has 3 heterocycles. The van der Waals surface area contributed by atoms with Crippen LogP contribution < -0.4 is 9.80 Å². The van der Waals surface area contributed by atoms with Crippen molar-refractivity contribution in [2.45, 2.75) is 26.2 Å². The van der Waals surface area contributed by atoms with Crippen LogP contribution in [-0.4, -0.2) is 46.3 Å². The minimum atomic E-state index is 0.980. The SMILES string of the molecule is Cc1nnc(N2CCN(c3ncnc4c3CCC4)CC2)s1. The number of aromatic nitrogens is 4. The third-order valence-electron chi connectivity index (χ3n) is 4.22. The molecule has 1 fully saturated rings. The predicted octanol–water partition coefficient (Wildman–Crippen LogP) is 1.45. The normalized spacial score (nSPS) is 18.1. The highest BCUT2D eigenvalue weighted by Gasteiger charge is 2.25. The molecule has 7 heteroatoms. The van der Waals surface area contributed by atoms with E-state index in [1.54, 1.807) is 17.7 Å². The van der Waals surface area contributed by atoms with E-state index >= 15 is 0 Å². The second-order valence-electron chi connectivity index (χ2n) is 5.55. The first-order valence-corrected chi connectivity index (χ1v) is 8.25. The van der Waals surface area contributed by atoms with Gasteiger partial charge >= 0.3 is 0 Å². The van der Waals surface area contributed by atoms with Crippen molar-refractivity contribution in [3.8, 4) is 0 Å². The average molecular weight is 302 g/mol. The number of hydrogen-bond donors (Lipinski definition) is 0. The molecule has 0 radical (unpaired) electrons. The van der Waals surface area contributed by atoms with Gasteiger partial charge in [-0.3, -0.25) is 0 Å². The van der Waals surface area contributed by atoms with Gasteiger partial charge < -0.3 is 9.80 Å². The van der Waals surface area contributed by atoms with Crippen molar-refractivity contribution >= 4 is 22.3 Å². The maximum absolute atomic E-state index is 4.55. The fourth-order valence-electron chi connectivity index (χ4n) is 3.14. The number of hydrogen-bond acceptors (Lipinski definition) is 7. The molecule has 0 N–H and O–H groups in total. The van der Waals surface area contributed by atoms with E-state index in [0.717, 1.165) is 55.0 Å². The second kappa shape index (κ2) is 5.22. The van der Waals surface area contributed by atoms with Gasteiger partial charge in [-0.2, -0.15) is 0 Å². The zero-order valence-corrected chi connectivity index (χ0v) is 12.9. The molecule has 1 saturated heterocycles. The fourth-order valence-corrected chi connectivity index (χ4v) is 3.88. The van der Waals surface area contributed by atoms with Crippen molar-refractivity contribution < 1.29 is 0 Å². The van der Waals surface area contributed by atoms with Gasteiger partial charge in [-0.05, 0) is 26.2 Å². The summed E-state index contributed by atoms with van der Waals surface area (Å²) in [5, 5.41) is 10.4. The van der Waals surface area contributed by atoms with E-state index in [4.69, 9.17) is 0 Å². The summed E-state index contributed by atoms with van der Waals surface area (Å²) >= 11 is 1.67. The van der Waals surface area contributed by atoms with Crippen LogP contribution in [0.25, 0.3) is 0 Å². The molecule has 2 aliphatic rings. The van der Waals surface area contributed by atoms with Gasteiger partial charge in [0, 0.05) is 37.4 Å². The standard InChI is InChI=1S/C14H18N6S/c1-10-17-18-14(21-10)20-7-5-19(6-8-20)13-11-3-2-4-12(11)15-9-16-13/h9H,2-8H2,1H3.